The normalized spacial score (nSPS) is 10.8. The Balaban J connectivity index is 2.96. The molecule has 0 fully saturated rings. The van der Waals surface area contributed by atoms with Crippen molar-refractivity contribution in [1.82, 2.24) is 4.57 Å². The van der Waals surface area contributed by atoms with E-state index in [0.29, 0.717) is 15.7 Å². The van der Waals surface area contributed by atoms with E-state index in [1.165, 1.54) is 0 Å². The summed E-state index contributed by atoms with van der Waals surface area (Å²) in [5.41, 5.74) is 1.40. The van der Waals surface area contributed by atoms with Crippen molar-refractivity contribution in [3.63, 3.8) is 0 Å². The van der Waals surface area contributed by atoms with Gasteiger partial charge in [-0.2, -0.15) is 0 Å². The Kier molecular flexibility index (Phi) is 2.25. The Hall–Kier alpha value is -0.990. The number of nitrogens with zero attached hydrogens (tertiary/aromatic N) is 1. The summed E-state index contributed by atoms with van der Waals surface area (Å²) >= 11 is 11.8. The number of aromatic nitrogens is 1. The zero-order valence-corrected chi connectivity index (χ0v) is 8.93. The van der Waals surface area contributed by atoms with E-state index < -0.39 is 0 Å². The predicted octanol–water partition coefficient (Wildman–Crippen LogP) is 3.30. The van der Waals surface area contributed by atoms with Gasteiger partial charge in [0.15, 0.2) is 6.29 Å². The van der Waals surface area contributed by atoms with Gasteiger partial charge in [-0.05, 0) is 18.2 Å². The number of carbonyl (C=O) groups excluding carboxylic acids is 1. The zero-order valence-electron chi connectivity index (χ0n) is 7.42. The fourth-order valence-electron chi connectivity index (χ4n) is 1.53. The standard InChI is InChI=1S/C10H7Cl2NO/c1-13-9-3-2-6(11)4-7(9)8(5-14)10(13)12/h2-5H,1H3. The summed E-state index contributed by atoms with van der Waals surface area (Å²) in [6.07, 6.45) is 0.751. The lowest BCUT2D eigenvalue weighted by Crippen LogP contribution is -1.86. The lowest BCUT2D eigenvalue weighted by molar-refractivity contribution is 0.112. The third kappa shape index (κ3) is 1.22. The van der Waals surface area contributed by atoms with Gasteiger partial charge in [-0.15, -0.1) is 0 Å². The number of hydrogen-bond acceptors (Lipinski definition) is 1. The molecule has 0 radical (unpaired) electrons. The highest BCUT2D eigenvalue weighted by molar-refractivity contribution is 6.35. The number of aldehydes is 1. The Bertz CT molecular complexity index is 516. The molecule has 0 atom stereocenters. The molecule has 0 unspecified atom stereocenters. The van der Waals surface area contributed by atoms with Crippen molar-refractivity contribution in [2.24, 2.45) is 7.05 Å². The van der Waals surface area contributed by atoms with Gasteiger partial charge < -0.3 is 4.57 Å². The molecule has 0 bridgehead atoms. The molecule has 2 nitrogen and oxygen atoms in total. The molecule has 0 aliphatic rings. The van der Waals surface area contributed by atoms with Crippen LogP contribution in [0.15, 0.2) is 18.2 Å². The van der Waals surface area contributed by atoms with Crippen molar-refractivity contribution >= 4 is 40.4 Å². The van der Waals surface area contributed by atoms with E-state index in [9.17, 15) is 4.79 Å². The monoisotopic (exact) mass is 227 g/mol. The minimum atomic E-state index is 0.442. The molecule has 0 N–H and O–H groups in total. The van der Waals surface area contributed by atoms with Crippen LogP contribution in [0.1, 0.15) is 10.4 Å². The van der Waals surface area contributed by atoms with Gasteiger partial charge in [0.1, 0.15) is 5.15 Å². The molecule has 0 spiro atoms. The maximum atomic E-state index is 10.8. The first kappa shape index (κ1) is 9.56. The third-order valence-electron chi connectivity index (χ3n) is 2.24. The summed E-state index contributed by atoms with van der Waals surface area (Å²) < 4.78 is 1.76. The molecule has 4 heteroatoms. The van der Waals surface area contributed by atoms with Gasteiger partial charge in [0.2, 0.25) is 0 Å². The number of carbonyl (C=O) groups is 1. The Morgan fingerprint density at radius 1 is 1.36 bits per heavy atom. The first-order chi connectivity index (χ1) is 6.65. The molecule has 0 saturated heterocycles. The zero-order chi connectivity index (χ0) is 10.3. The molecule has 0 saturated carbocycles. The molecule has 0 amide bonds. The van der Waals surface area contributed by atoms with E-state index >= 15 is 0 Å². The van der Waals surface area contributed by atoms with Crippen molar-refractivity contribution < 1.29 is 4.79 Å². The molecule has 2 rings (SSSR count). The second-order valence-electron chi connectivity index (χ2n) is 3.04. The Labute approximate surface area is 91.0 Å². The van der Waals surface area contributed by atoms with E-state index in [0.717, 1.165) is 17.2 Å². The van der Waals surface area contributed by atoms with Crippen LogP contribution in [-0.2, 0) is 7.05 Å². The molecule has 1 aromatic carbocycles. The molecule has 1 aromatic heterocycles. The van der Waals surface area contributed by atoms with Gasteiger partial charge in [0.05, 0.1) is 5.56 Å². The molecule has 72 valence electrons. The minimum Gasteiger partial charge on any atom is -0.334 e. The van der Waals surface area contributed by atoms with Crippen molar-refractivity contribution in [2.75, 3.05) is 0 Å². The number of rotatable bonds is 1. The van der Waals surface area contributed by atoms with Crippen LogP contribution in [0.3, 0.4) is 0 Å². The van der Waals surface area contributed by atoms with Crippen LogP contribution in [0.4, 0.5) is 0 Å². The highest BCUT2D eigenvalue weighted by Gasteiger charge is 2.12. The van der Waals surface area contributed by atoms with Crippen LogP contribution in [0, 0.1) is 0 Å². The summed E-state index contributed by atoms with van der Waals surface area (Å²) in [6.45, 7) is 0. The fraction of sp³-hybridized carbons (Fsp3) is 0.100. The van der Waals surface area contributed by atoms with Crippen LogP contribution >= 0.6 is 23.2 Å². The van der Waals surface area contributed by atoms with Crippen molar-refractivity contribution in [3.05, 3.63) is 33.9 Å². The quantitative estimate of drug-likeness (QED) is 0.686. The SMILES string of the molecule is Cn1c(Cl)c(C=O)c2cc(Cl)ccc21. The molecule has 0 aliphatic heterocycles. The van der Waals surface area contributed by atoms with Crippen molar-refractivity contribution in [3.8, 4) is 0 Å². The first-order valence-corrected chi connectivity index (χ1v) is 4.79. The Morgan fingerprint density at radius 3 is 2.71 bits per heavy atom. The van der Waals surface area contributed by atoms with Gasteiger partial charge >= 0.3 is 0 Å². The largest absolute Gasteiger partial charge is 0.334 e. The van der Waals surface area contributed by atoms with Gasteiger partial charge in [0, 0.05) is 23.0 Å². The lowest BCUT2D eigenvalue weighted by Gasteiger charge is -1.96. The second-order valence-corrected chi connectivity index (χ2v) is 3.84. The van der Waals surface area contributed by atoms with E-state index in [-0.39, 0.29) is 0 Å². The summed E-state index contributed by atoms with van der Waals surface area (Å²) in [4.78, 5) is 10.8. The fourth-order valence-corrected chi connectivity index (χ4v) is 1.94. The summed E-state index contributed by atoms with van der Waals surface area (Å²) in [6, 6.07) is 5.36. The number of fused-ring (bicyclic) bond motifs is 1. The van der Waals surface area contributed by atoms with E-state index in [1.807, 2.05) is 13.1 Å². The molecule has 1 heterocycles. The van der Waals surface area contributed by atoms with Gasteiger partial charge in [0.25, 0.3) is 0 Å². The number of hydrogen-bond donors (Lipinski definition) is 0. The highest BCUT2D eigenvalue weighted by Crippen LogP contribution is 2.29. The van der Waals surface area contributed by atoms with Gasteiger partial charge in [-0.25, -0.2) is 0 Å². The van der Waals surface area contributed by atoms with Crippen LogP contribution in [0.25, 0.3) is 10.9 Å². The molecule has 2 aromatic rings. The lowest BCUT2D eigenvalue weighted by atomic mass is 10.2. The second kappa shape index (κ2) is 3.30. The Morgan fingerprint density at radius 2 is 2.07 bits per heavy atom. The van der Waals surface area contributed by atoms with E-state index in [4.69, 9.17) is 23.2 Å². The number of benzene rings is 1. The first-order valence-electron chi connectivity index (χ1n) is 4.03. The van der Waals surface area contributed by atoms with E-state index in [2.05, 4.69) is 0 Å². The van der Waals surface area contributed by atoms with Crippen molar-refractivity contribution in [1.29, 1.82) is 0 Å². The van der Waals surface area contributed by atoms with Gasteiger partial charge in [-0.1, -0.05) is 23.2 Å². The molecule has 0 aliphatic carbocycles. The highest BCUT2D eigenvalue weighted by atomic mass is 35.5. The summed E-state index contributed by atoms with van der Waals surface area (Å²) in [5, 5.41) is 1.83. The van der Waals surface area contributed by atoms with Crippen LogP contribution in [0.2, 0.25) is 10.2 Å². The van der Waals surface area contributed by atoms with Crippen LogP contribution < -0.4 is 0 Å². The topological polar surface area (TPSA) is 22.0 Å². The van der Waals surface area contributed by atoms with Crippen molar-refractivity contribution in [2.45, 2.75) is 0 Å². The third-order valence-corrected chi connectivity index (χ3v) is 2.94. The number of halogens is 2. The van der Waals surface area contributed by atoms with Crippen LogP contribution in [-0.4, -0.2) is 10.9 Å². The average Bonchev–Trinajstić information content (AvgIpc) is 2.39. The average molecular weight is 228 g/mol. The maximum absolute atomic E-state index is 10.8. The minimum absolute atomic E-state index is 0.442. The van der Waals surface area contributed by atoms with E-state index in [1.54, 1.807) is 16.7 Å². The van der Waals surface area contributed by atoms with Gasteiger partial charge in [-0.3, -0.25) is 4.79 Å². The molecular formula is C10H7Cl2NO. The maximum Gasteiger partial charge on any atom is 0.153 e. The summed E-state index contributed by atoms with van der Waals surface area (Å²) in [5.74, 6) is 0. The number of aryl methyl sites for hydroxylation is 1. The predicted molar refractivity (Wildman–Crippen MR) is 58.3 cm³/mol. The summed E-state index contributed by atoms with van der Waals surface area (Å²) in [7, 11) is 1.81. The molecular weight excluding hydrogens is 221 g/mol. The van der Waals surface area contributed by atoms with Crippen LogP contribution in [0.5, 0.6) is 0 Å². The molecule has 14 heavy (non-hydrogen) atoms. The smallest absolute Gasteiger partial charge is 0.153 e.